The van der Waals surface area contributed by atoms with Crippen LogP contribution in [0.2, 0.25) is 5.15 Å². The van der Waals surface area contributed by atoms with Crippen molar-refractivity contribution in [1.29, 1.82) is 0 Å². The largest absolute Gasteiger partial charge is 0.383 e. The van der Waals surface area contributed by atoms with Gasteiger partial charge < -0.3 is 24.7 Å². The maximum absolute atomic E-state index is 13.0. The number of fused-ring (bicyclic) bond motifs is 4. The Balaban J connectivity index is 1.67. The number of hydrogen-bond acceptors (Lipinski definition) is 6. The average Bonchev–Trinajstić information content (AvgIpc) is 3.23. The summed E-state index contributed by atoms with van der Waals surface area (Å²) < 4.78 is 14.5. The van der Waals surface area contributed by atoms with Crippen LogP contribution in [0.15, 0.2) is 24.5 Å². The fraction of sp³-hybridized carbons (Fsp3) is 0.550. The molecule has 9 heteroatoms. The van der Waals surface area contributed by atoms with Crippen molar-refractivity contribution in [3.8, 4) is 0 Å². The smallest absolute Gasteiger partial charge is 0.233 e. The molecule has 2 N–H and O–H groups in total. The minimum absolute atomic E-state index is 0.0625. The third-order valence-corrected chi connectivity index (χ3v) is 6.44. The molecule has 1 saturated carbocycles. The van der Waals surface area contributed by atoms with Gasteiger partial charge in [0.1, 0.15) is 28.3 Å². The monoisotopic (exact) mass is 417 g/mol. The number of rotatable bonds is 4. The van der Waals surface area contributed by atoms with E-state index in [2.05, 4.69) is 26.7 Å². The number of hydrogen-bond donors (Lipinski definition) is 2. The van der Waals surface area contributed by atoms with Gasteiger partial charge in [-0.25, -0.2) is 9.97 Å². The molecule has 5 rings (SSSR count). The van der Waals surface area contributed by atoms with E-state index in [1.165, 1.54) is 0 Å². The number of pyridine rings is 1. The predicted octanol–water partition coefficient (Wildman–Crippen LogP) is 2.51. The van der Waals surface area contributed by atoms with E-state index in [4.69, 9.17) is 21.1 Å². The van der Waals surface area contributed by atoms with Crippen LogP contribution in [0.1, 0.15) is 26.8 Å². The lowest BCUT2D eigenvalue weighted by molar-refractivity contribution is -0.175. The van der Waals surface area contributed by atoms with E-state index < -0.39 is 11.2 Å². The fourth-order valence-corrected chi connectivity index (χ4v) is 5.32. The highest BCUT2D eigenvalue weighted by Crippen LogP contribution is 2.62. The zero-order valence-electron chi connectivity index (χ0n) is 16.8. The second-order valence-electron chi connectivity index (χ2n) is 8.26. The molecule has 1 saturated heterocycles. The third kappa shape index (κ3) is 2.42. The van der Waals surface area contributed by atoms with Crippen LogP contribution in [0.3, 0.4) is 0 Å². The number of imidazole rings is 1. The van der Waals surface area contributed by atoms with Crippen LogP contribution in [0.4, 0.5) is 5.69 Å². The van der Waals surface area contributed by atoms with E-state index in [1.54, 1.807) is 19.4 Å². The SMILES string of the molecule is CCNc1cc(Cl)nc2c1ncn2[C@H]1[C@@H]2OC(C)(C)O[C@@H]2[C@]2(C(=O)NC)C=C[C@H]12. The molecular weight excluding hydrogens is 394 g/mol. The summed E-state index contributed by atoms with van der Waals surface area (Å²) in [4.78, 5) is 22.1. The maximum Gasteiger partial charge on any atom is 0.233 e. The van der Waals surface area contributed by atoms with Crippen LogP contribution in [0.25, 0.3) is 11.2 Å². The van der Waals surface area contributed by atoms with Crippen molar-refractivity contribution in [3.05, 3.63) is 29.7 Å². The predicted molar refractivity (Wildman–Crippen MR) is 109 cm³/mol. The van der Waals surface area contributed by atoms with Crippen molar-refractivity contribution in [2.75, 3.05) is 18.9 Å². The lowest BCUT2D eigenvalue weighted by Crippen LogP contribution is -2.52. The van der Waals surface area contributed by atoms with E-state index in [0.717, 1.165) is 17.7 Å². The Hall–Kier alpha value is -2.16. The summed E-state index contributed by atoms with van der Waals surface area (Å²) >= 11 is 6.30. The number of anilines is 1. The van der Waals surface area contributed by atoms with E-state index in [1.807, 2.05) is 31.4 Å². The molecule has 2 fully saturated rings. The van der Waals surface area contributed by atoms with Crippen molar-refractivity contribution in [1.82, 2.24) is 19.9 Å². The fourth-order valence-electron chi connectivity index (χ4n) is 5.13. The molecule has 8 nitrogen and oxygen atoms in total. The Morgan fingerprint density at radius 2 is 2.17 bits per heavy atom. The van der Waals surface area contributed by atoms with Gasteiger partial charge in [0.05, 0.1) is 18.1 Å². The minimum atomic E-state index is -0.778. The summed E-state index contributed by atoms with van der Waals surface area (Å²) in [5, 5.41) is 6.48. The molecule has 1 aliphatic heterocycles. The van der Waals surface area contributed by atoms with Gasteiger partial charge in [-0.1, -0.05) is 23.8 Å². The third-order valence-electron chi connectivity index (χ3n) is 6.24. The molecule has 2 aliphatic carbocycles. The molecule has 0 unspecified atom stereocenters. The first-order valence-electron chi connectivity index (χ1n) is 9.86. The lowest BCUT2D eigenvalue weighted by Gasteiger charge is -2.41. The van der Waals surface area contributed by atoms with Gasteiger partial charge in [0.25, 0.3) is 0 Å². The molecule has 154 valence electrons. The summed E-state index contributed by atoms with van der Waals surface area (Å²) in [6, 6.07) is 1.59. The summed E-state index contributed by atoms with van der Waals surface area (Å²) in [7, 11) is 1.65. The maximum atomic E-state index is 13.0. The molecule has 0 aromatic carbocycles. The van der Waals surface area contributed by atoms with Crippen LogP contribution in [-0.2, 0) is 14.3 Å². The molecule has 29 heavy (non-hydrogen) atoms. The molecular formula is C20H24ClN5O3. The number of carbonyl (C=O) groups excluding carboxylic acids is 1. The quantitative estimate of drug-likeness (QED) is 0.586. The average molecular weight is 418 g/mol. The van der Waals surface area contributed by atoms with Crippen LogP contribution in [-0.4, -0.2) is 52.0 Å². The molecule has 3 aliphatic rings. The number of ether oxygens (including phenoxy) is 2. The number of aromatic nitrogens is 3. The Bertz CT molecular complexity index is 1030. The zero-order chi connectivity index (χ0) is 20.6. The van der Waals surface area contributed by atoms with Gasteiger partial charge in [-0.05, 0) is 20.8 Å². The van der Waals surface area contributed by atoms with E-state index in [9.17, 15) is 4.79 Å². The van der Waals surface area contributed by atoms with E-state index in [0.29, 0.717) is 10.8 Å². The summed E-state index contributed by atoms with van der Waals surface area (Å²) in [5.74, 6) is -0.929. The van der Waals surface area contributed by atoms with Crippen LogP contribution < -0.4 is 10.6 Å². The molecule has 5 atom stereocenters. The lowest BCUT2D eigenvalue weighted by atomic mass is 9.66. The molecule has 0 radical (unpaired) electrons. The molecule has 0 spiro atoms. The Kier molecular flexibility index (Phi) is 4.01. The summed E-state index contributed by atoms with van der Waals surface area (Å²) in [6.45, 7) is 6.51. The van der Waals surface area contributed by atoms with Gasteiger partial charge in [0.15, 0.2) is 11.4 Å². The van der Waals surface area contributed by atoms with Crippen molar-refractivity contribution >= 4 is 34.4 Å². The molecule has 1 amide bonds. The number of nitrogens with one attached hydrogen (secondary N) is 2. The molecule has 3 heterocycles. The molecule has 0 bridgehead atoms. The van der Waals surface area contributed by atoms with Crippen LogP contribution in [0, 0.1) is 11.3 Å². The van der Waals surface area contributed by atoms with Crippen molar-refractivity contribution in [3.63, 3.8) is 0 Å². The van der Waals surface area contributed by atoms with Gasteiger partial charge in [-0.2, -0.15) is 0 Å². The first kappa shape index (κ1) is 18.8. The van der Waals surface area contributed by atoms with Gasteiger partial charge in [-0.3, -0.25) is 4.79 Å². The normalized spacial score (nSPS) is 34.0. The summed E-state index contributed by atoms with van der Waals surface area (Å²) in [5.41, 5.74) is 1.48. The highest BCUT2D eigenvalue weighted by Gasteiger charge is 2.71. The number of carbonyl (C=O) groups is 1. The standard InChI is InChI=1S/C20H24ClN5O3/c1-5-23-11-8-12(21)25-17-13(11)24-9-26(17)14-10-6-7-20(10,18(27)22-4)16-15(14)28-19(2,3)29-16/h6-10,14-16H,5H2,1-4H3,(H,22,27)(H,23,25)/t10-,14-,15+,16+,20+/m1/s1. The van der Waals surface area contributed by atoms with E-state index >= 15 is 0 Å². The number of halogens is 1. The Labute approximate surface area is 173 Å². The summed E-state index contributed by atoms with van der Waals surface area (Å²) in [6.07, 6.45) is 5.06. The Morgan fingerprint density at radius 3 is 2.83 bits per heavy atom. The number of amides is 1. The minimum Gasteiger partial charge on any atom is -0.383 e. The van der Waals surface area contributed by atoms with Crippen molar-refractivity contribution < 1.29 is 14.3 Å². The van der Waals surface area contributed by atoms with Crippen LogP contribution >= 0.6 is 11.6 Å². The van der Waals surface area contributed by atoms with Crippen molar-refractivity contribution in [2.45, 2.75) is 44.8 Å². The Morgan fingerprint density at radius 1 is 1.38 bits per heavy atom. The second kappa shape index (κ2) is 6.17. The van der Waals surface area contributed by atoms with E-state index in [-0.39, 0.29) is 30.1 Å². The van der Waals surface area contributed by atoms with Gasteiger partial charge >= 0.3 is 0 Å². The van der Waals surface area contributed by atoms with Gasteiger partial charge in [0.2, 0.25) is 5.91 Å². The topological polar surface area (TPSA) is 90.3 Å². The second-order valence-corrected chi connectivity index (χ2v) is 8.64. The molecule has 2 aromatic rings. The zero-order valence-corrected chi connectivity index (χ0v) is 17.5. The first-order chi connectivity index (χ1) is 13.8. The number of allylic oxidation sites excluding steroid dienone is 1. The highest BCUT2D eigenvalue weighted by atomic mass is 35.5. The highest BCUT2D eigenvalue weighted by molar-refractivity contribution is 6.30. The first-order valence-corrected chi connectivity index (χ1v) is 10.2. The van der Waals surface area contributed by atoms with Gasteiger partial charge in [-0.15, -0.1) is 0 Å². The molecule has 2 aromatic heterocycles. The van der Waals surface area contributed by atoms with Gasteiger partial charge in [0, 0.05) is 25.6 Å². The number of nitrogens with zero attached hydrogens (tertiary/aromatic N) is 3. The van der Waals surface area contributed by atoms with Crippen LogP contribution in [0.5, 0.6) is 0 Å². The van der Waals surface area contributed by atoms with Crippen molar-refractivity contribution in [2.24, 2.45) is 11.3 Å².